The number of carbonyl (C=O) groups is 1. The third-order valence-corrected chi connectivity index (χ3v) is 4.65. The number of carbonyl (C=O) groups excluding carboxylic acids is 1. The second-order valence-electron chi connectivity index (χ2n) is 7.27. The van der Waals surface area contributed by atoms with E-state index in [0.29, 0.717) is 23.9 Å². The zero-order valence-corrected chi connectivity index (χ0v) is 17.1. The van der Waals surface area contributed by atoms with Crippen LogP contribution in [0, 0.1) is 0 Å². The van der Waals surface area contributed by atoms with E-state index in [9.17, 15) is 9.59 Å². The number of aromatic nitrogens is 2. The molecule has 6 nitrogen and oxygen atoms in total. The number of nitrogens with one attached hydrogen (secondary N) is 1. The topological polar surface area (TPSA) is 73.2 Å². The molecule has 0 spiro atoms. The van der Waals surface area contributed by atoms with Crippen LogP contribution in [0.25, 0.3) is 10.8 Å². The van der Waals surface area contributed by atoms with Crippen LogP contribution in [0.3, 0.4) is 0 Å². The Balaban J connectivity index is 1.81. The Morgan fingerprint density at radius 3 is 2.62 bits per heavy atom. The minimum atomic E-state index is -0.312. The van der Waals surface area contributed by atoms with Crippen molar-refractivity contribution in [2.75, 3.05) is 6.61 Å². The number of ether oxygens (including phenoxy) is 1. The van der Waals surface area contributed by atoms with E-state index in [1.807, 2.05) is 38.1 Å². The molecule has 0 atom stereocenters. The molecule has 0 radical (unpaired) electrons. The fourth-order valence-corrected chi connectivity index (χ4v) is 3.07. The average Bonchev–Trinajstić information content (AvgIpc) is 2.73. The zero-order valence-electron chi connectivity index (χ0n) is 17.1. The molecule has 0 saturated carbocycles. The first-order valence-corrected chi connectivity index (χ1v) is 10.0. The highest BCUT2D eigenvalue weighted by molar-refractivity contribution is 6.04. The number of hydrogen-bond acceptors (Lipinski definition) is 4. The fraction of sp³-hybridized carbons (Fsp3) is 0.348. The summed E-state index contributed by atoms with van der Waals surface area (Å²) >= 11 is 0. The van der Waals surface area contributed by atoms with Gasteiger partial charge in [0, 0.05) is 11.9 Å². The minimum absolute atomic E-state index is 0.143. The van der Waals surface area contributed by atoms with Crippen molar-refractivity contribution in [2.24, 2.45) is 0 Å². The average molecular weight is 393 g/mol. The van der Waals surface area contributed by atoms with Crippen LogP contribution >= 0.6 is 0 Å². The van der Waals surface area contributed by atoms with Gasteiger partial charge < -0.3 is 10.1 Å². The smallest absolute Gasteiger partial charge is 0.274 e. The van der Waals surface area contributed by atoms with E-state index >= 15 is 0 Å². The molecule has 0 aliphatic carbocycles. The molecule has 2 aromatic carbocycles. The Kier molecular flexibility index (Phi) is 6.65. The highest BCUT2D eigenvalue weighted by Crippen LogP contribution is 2.16. The monoisotopic (exact) mass is 393 g/mol. The predicted octanol–water partition coefficient (Wildman–Crippen LogP) is 4.09. The van der Waals surface area contributed by atoms with Gasteiger partial charge in [0.1, 0.15) is 5.75 Å². The van der Waals surface area contributed by atoms with E-state index in [4.69, 9.17) is 4.74 Å². The van der Waals surface area contributed by atoms with Crippen molar-refractivity contribution in [3.8, 4) is 5.75 Å². The quantitative estimate of drug-likeness (QED) is 0.585. The van der Waals surface area contributed by atoms with Gasteiger partial charge in [-0.3, -0.25) is 9.59 Å². The molecule has 1 amide bonds. The zero-order chi connectivity index (χ0) is 20.8. The molecule has 0 aliphatic heterocycles. The Labute approximate surface area is 170 Å². The van der Waals surface area contributed by atoms with Crippen LogP contribution in [-0.2, 0) is 6.54 Å². The highest BCUT2D eigenvalue weighted by Gasteiger charge is 2.17. The summed E-state index contributed by atoms with van der Waals surface area (Å²) in [6, 6.07) is 14.6. The van der Waals surface area contributed by atoms with E-state index < -0.39 is 0 Å². The lowest BCUT2D eigenvalue weighted by atomic mass is 10.1. The summed E-state index contributed by atoms with van der Waals surface area (Å²) in [5.74, 6) is 0.482. The largest absolute Gasteiger partial charge is 0.494 e. The third-order valence-electron chi connectivity index (χ3n) is 4.65. The van der Waals surface area contributed by atoms with Crippen molar-refractivity contribution >= 4 is 16.7 Å². The fourth-order valence-electron chi connectivity index (χ4n) is 3.07. The molecular weight excluding hydrogens is 366 g/mol. The third kappa shape index (κ3) is 4.83. The summed E-state index contributed by atoms with van der Waals surface area (Å²) in [6.07, 6.45) is 2.08. The molecule has 29 heavy (non-hydrogen) atoms. The Hall–Kier alpha value is -3.15. The number of hydrogen-bond donors (Lipinski definition) is 1. The van der Waals surface area contributed by atoms with Gasteiger partial charge in [-0.25, -0.2) is 4.68 Å². The lowest BCUT2D eigenvalue weighted by Gasteiger charge is -2.13. The van der Waals surface area contributed by atoms with E-state index in [1.54, 1.807) is 24.3 Å². The number of fused-ring (bicyclic) bond motifs is 1. The van der Waals surface area contributed by atoms with Gasteiger partial charge in [-0.15, -0.1) is 0 Å². The lowest BCUT2D eigenvalue weighted by Crippen LogP contribution is -2.31. The number of nitrogens with zero attached hydrogens (tertiary/aromatic N) is 2. The summed E-state index contributed by atoms with van der Waals surface area (Å²) in [5.41, 5.74) is 1.00. The van der Waals surface area contributed by atoms with E-state index in [1.165, 1.54) is 4.68 Å². The molecule has 152 valence electrons. The van der Waals surface area contributed by atoms with Gasteiger partial charge >= 0.3 is 0 Å². The van der Waals surface area contributed by atoms with Crippen LogP contribution in [0.2, 0.25) is 0 Å². The van der Waals surface area contributed by atoms with Gasteiger partial charge in [-0.1, -0.05) is 43.7 Å². The minimum Gasteiger partial charge on any atom is -0.494 e. The maximum atomic E-state index is 12.9. The van der Waals surface area contributed by atoms with Crippen molar-refractivity contribution < 1.29 is 9.53 Å². The predicted molar refractivity (Wildman–Crippen MR) is 114 cm³/mol. The van der Waals surface area contributed by atoms with Gasteiger partial charge in [0.25, 0.3) is 11.5 Å². The van der Waals surface area contributed by atoms with Gasteiger partial charge in [0.15, 0.2) is 5.69 Å². The summed E-state index contributed by atoms with van der Waals surface area (Å²) in [6.45, 7) is 6.89. The van der Waals surface area contributed by atoms with Crippen LogP contribution in [0.1, 0.15) is 55.7 Å². The number of rotatable bonds is 8. The van der Waals surface area contributed by atoms with Crippen molar-refractivity contribution in [2.45, 2.75) is 46.2 Å². The Morgan fingerprint density at radius 1 is 1.14 bits per heavy atom. The SMILES string of the molecule is CCCCOc1cccc(CNC(=O)c2nn(C(C)C)c(=O)c3ccccc23)c1. The molecule has 3 aromatic rings. The van der Waals surface area contributed by atoms with Crippen molar-refractivity contribution in [3.63, 3.8) is 0 Å². The molecule has 1 heterocycles. The molecule has 0 fully saturated rings. The van der Waals surface area contributed by atoms with Crippen molar-refractivity contribution in [1.29, 1.82) is 0 Å². The maximum absolute atomic E-state index is 12.9. The molecule has 1 aromatic heterocycles. The number of benzene rings is 2. The molecular formula is C23H27N3O3. The van der Waals surface area contributed by atoms with Crippen LogP contribution in [0.5, 0.6) is 5.75 Å². The number of unbranched alkanes of at least 4 members (excludes halogenated alkanes) is 1. The van der Waals surface area contributed by atoms with Gasteiger partial charge in [-0.2, -0.15) is 5.10 Å². The van der Waals surface area contributed by atoms with Gasteiger partial charge in [0.2, 0.25) is 0 Å². The molecule has 6 heteroatoms. The van der Waals surface area contributed by atoms with E-state index in [-0.39, 0.29) is 23.2 Å². The van der Waals surface area contributed by atoms with Crippen molar-refractivity contribution in [1.82, 2.24) is 15.1 Å². The first kappa shape index (κ1) is 20.6. The summed E-state index contributed by atoms with van der Waals surface area (Å²) in [4.78, 5) is 25.5. The molecule has 0 aliphatic rings. The summed E-state index contributed by atoms with van der Waals surface area (Å²) in [7, 11) is 0. The Morgan fingerprint density at radius 2 is 1.90 bits per heavy atom. The summed E-state index contributed by atoms with van der Waals surface area (Å²) < 4.78 is 7.09. The first-order valence-electron chi connectivity index (χ1n) is 10.0. The summed E-state index contributed by atoms with van der Waals surface area (Å²) in [5, 5.41) is 8.31. The van der Waals surface area contributed by atoms with E-state index in [0.717, 1.165) is 24.2 Å². The second-order valence-corrected chi connectivity index (χ2v) is 7.27. The van der Waals surface area contributed by atoms with Gasteiger partial charge in [0.05, 0.1) is 18.0 Å². The molecule has 0 saturated heterocycles. The number of amides is 1. The van der Waals surface area contributed by atoms with E-state index in [2.05, 4.69) is 17.3 Å². The van der Waals surface area contributed by atoms with Crippen LogP contribution in [-0.4, -0.2) is 22.3 Å². The first-order chi connectivity index (χ1) is 14.0. The Bertz CT molecular complexity index is 1060. The van der Waals surface area contributed by atoms with Gasteiger partial charge in [-0.05, 0) is 44.0 Å². The molecule has 0 unspecified atom stereocenters. The second kappa shape index (κ2) is 9.37. The van der Waals surface area contributed by atoms with Crippen molar-refractivity contribution in [3.05, 3.63) is 70.1 Å². The lowest BCUT2D eigenvalue weighted by molar-refractivity contribution is 0.0945. The van der Waals surface area contributed by atoms with Crippen LogP contribution < -0.4 is 15.6 Å². The maximum Gasteiger partial charge on any atom is 0.274 e. The molecule has 3 rings (SSSR count). The highest BCUT2D eigenvalue weighted by atomic mass is 16.5. The normalized spacial score (nSPS) is 11.0. The van der Waals surface area contributed by atoms with Crippen LogP contribution in [0.4, 0.5) is 0 Å². The molecule has 0 bridgehead atoms. The standard InChI is InChI=1S/C23H27N3O3/c1-4-5-13-29-18-10-8-9-17(14-18)15-24-22(27)21-19-11-6-7-12-20(19)23(28)26(25-21)16(2)3/h6-12,14,16H,4-5,13,15H2,1-3H3,(H,24,27). The molecule has 1 N–H and O–H groups in total. The van der Waals surface area contributed by atoms with Crippen LogP contribution in [0.15, 0.2) is 53.3 Å².